The Morgan fingerprint density at radius 1 is 1.30 bits per heavy atom. The fourth-order valence-electron chi connectivity index (χ4n) is 2.24. The molecule has 3 rings (SSSR count). The minimum absolute atomic E-state index is 0.134. The number of hydrogen-bond acceptors (Lipinski definition) is 3. The SMILES string of the molecule is CC(=O)Nc1cc(C)nn1-c1nc2ccccc2n1C. The van der Waals surface area contributed by atoms with E-state index >= 15 is 0 Å². The lowest BCUT2D eigenvalue weighted by Crippen LogP contribution is -2.13. The maximum atomic E-state index is 11.3. The van der Waals surface area contributed by atoms with Crippen molar-refractivity contribution in [3.05, 3.63) is 36.0 Å². The van der Waals surface area contributed by atoms with Gasteiger partial charge in [0.2, 0.25) is 11.9 Å². The van der Waals surface area contributed by atoms with E-state index in [0.29, 0.717) is 11.8 Å². The summed E-state index contributed by atoms with van der Waals surface area (Å²) in [4.78, 5) is 15.9. The maximum absolute atomic E-state index is 11.3. The quantitative estimate of drug-likeness (QED) is 0.774. The van der Waals surface area contributed by atoms with Crippen molar-refractivity contribution in [3.8, 4) is 5.95 Å². The van der Waals surface area contributed by atoms with E-state index in [1.54, 1.807) is 4.68 Å². The Labute approximate surface area is 116 Å². The number of amides is 1. The van der Waals surface area contributed by atoms with Gasteiger partial charge >= 0.3 is 0 Å². The Bertz CT molecular complexity index is 799. The highest BCUT2D eigenvalue weighted by Crippen LogP contribution is 2.21. The van der Waals surface area contributed by atoms with E-state index in [0.717, 1.165) is 16.7 Å². The second-order valence-electron chi connectivity index (χ2n) is 4.72. The maximum Gasteiger partial charge on any atom is 0.233 e. The number of imidazole rings is 1. The summed E-state index contributed by atoms with van der Waals surface area (Å²) in [5.41, 5.74) is 2.73. The van der Waals surface area contributed by atoms with Crippen LogP contribution in [0.3, 0.4) is 0 Å². The van der Waals surface area contributed by atoms with E-state index in [1.807, 2.05) is 48.9 Å². The first kappa shape index (κ1) is 12.4. The number of anilines is 1. The van der Waals surface area contributed by atoms with E-state index in [1.165, 1.54) is 6.92 Å². The molecule has 0 saturated carbocycles. The minimum Gasteiger partial charge on any atom is -0.311 e. The van der Waals surface area contributed by atoms with Crippen LogP contribution in [0.2, 0.25) is 0 Å². The Morgan fingerprint density at radius 2 is 2.05 bits per heavy atom. The number of carbonyl (C=O) groups is 1. The van der Waals surface area contributed by atoms with Crippen LogP contribution in [0.15, 0.2) is 30.3 Å². The second kappa shape index (κ2) is 4.48. The summed E-state index contributed by atoms with van der Waals surface area (Å²) in [6.45, 7) is 3.35. The molecule has 0 aliphatic carbocycles. The van der Waals surface area contributed by atoms with Crippen molar-refractivity contribution in [2.24, 2.45) is 7.05 Å². The largest absolute Gasteiger partial charge is 0.311 e. The van der Waals surface area contributed by atoms with E-state index in [2.05, 4.69) is 15.4 Å². The predicted molar refractivity (Wildman–Crippen MR) is 76.9 cm³/mol. The zero-order chi connectivity index (χ0) is 14.3. The van der Waals surface area contributed by atoms with Gasteiger partial charge in [-0.3, -0.25) is 4.79 Å². The summed E-state index contributed by atoms with van der Waals surface area (Å²) < 4.78 is 3.60. The third-order valence-electron chi connectivity index (χ3n) is 3.09. The van der Waals surface area contributed by atoms with Gasteiger partial charge in [-0.25, -0.2) is 4.98 Å². The molecule has 6 heteroatoms. The predicted octanol–water partition coefficient (Wildman–Crippen LogP) is 2.03. The minimum atomic E-state index is -0.134. The van der Waals surface area contributed by atoms with Gasteiger partial charge in [0.25, 0.3) is 0 Å². The fraction of sp³-hybridized carbons (Fsp3) is 0.214. The number of carbonyl (C=O) groups excluding carboxylic acids is 1. The molecule has 1 N–H and O–H groups in total. The van der Waals surface area contributed by atoms with Gasteiger partial charge in [0.05, 0.1) is 16.7 Å². The van der Waals surface area contributed by atoms with Gasteiger partial charge in [-0.2, -0.15) is 9.78 Å². The number of benzene rings is 1. The molecule has 0 spiro atoms. The molecule has 0 saturated heterocycles. The summed E-state index contributed by atoms with van der Waals surface area (Å²) in [5.74, 6) is 1.15. The Balaban J connectivity index is 2.20. The summed E-state index contributed by atoms with van der Waals surface area (Å²) in [6, 6.07) is 9.69. The number of fused-ring (bicyclic) bond motifs is 1. The van der Waals surface area contributed by atoms with Gasteiger partial charge in [-0.15, -0.1) is 0 Å². The molecule has 102 valence electrons. The monoisotopic (exact) mass is 269 g/mol. The Morgan fingerprint density at radius 3 is 2.75 bits per heavy atom. The molecule has 0 unspecified atom stereocenters. The normalized spacial score (nSPS) is 10.9. The first-order valence-electron chi connectivity index (χ1n) is 6.32. The average Bonchev–Trinajstić information content (AvgIpc) is 2.90. The molecule has 0 aliphatic heterocycles. The Kier molecular flexibility index (Phi) is 2.78. The summed E-state index contributed by atoms with van der Waals surface area (Å²) >= 11 is 0. The Hall–Kier alpha value is -2.63. The van der Waals surface area contributed by atoms with Crippen molar-refractivity contribution in [2.45, 2.75) is 13.8 Å². The molecule has 1 amide bonds. The fourth-order valence-corrected chi connectivity index (χ4v) is 2.24. The van der Waals surface area contributed by atoms with Crippen LogP contribution in [0.25, 0.3) is 17.0 Å². The topological polar surface area (TPSA) is 64.7 Å². The molecule has 1 aromatic carbocycles. The zero-order valence-corrected chi connectivity index (χ0v) is 11.6. The number of nitrogens with one attached hydrogen (secondary N) is 1. The number of para-hydroxylation sites is 2. The number of rotatable bonds is 2. The van der Waals surface area contributed by atoms with E-state index < -0.39 is 0 Å². The van der Waals surface area contributed by atoms with Crippen LogP contribution in [-0.2, 0) is 11.8 Å². The van der Waals surface area contributed by atoms with Crippen molar-refractivity contribution in [1.29, 1.82) is 0 Å². The lowest BCUT2D eigenvalue weighted by Gasteiger charge is -2.07. The lowest BCUT2D eigenvalue weighted by atomic mass is 10.3. The number of aryl methyl sites for hydroxylation is 2. The van der Waals surface area contributed by atoms with Gasteiger partial charge in [0.1, 0.15) is 5.82 Å². The molecule has 2 aromatic heterocycles. The molecular formula is C14H15N5O. The van der Waals surface area contributed by atoms with E-state index in [4.69, 9.17) is 0 Å². The van der Waals surface area contributed by atoms with Gasteiger partial charge in [0, 0.05) is 20.0 Å². The zero-order valence-electron chi connectivity index (χ0n) is 11.6. The molecule has 0 radical (unpaired) electrons. The molecule has 2 heterocycles. The molecule has 20 heavy (non-hydrogen) atoms. The van der Waals surface area contributed by atoms with Crippen molar-refractivity contribution in [2.75, 3.05) is 5.32 Å². The van der Waals surface area contributed by atoms with Crippen LogP contribution in [-0.4, -0.2) is 25.2 Å². The summed E-state index contributed by atoms with van der Waals surface area (Å²) in [6.07, 6.45) is 0. The van der Waals surface area contributed by atoms with Crippen molar-refractivity contribution in [1.82, 2.24) is 19.3 Å². The molecule has 0 fully saturated rings. The molecular weight excluding hydrogens is 254 g/mol. The molecule has 3 aromatic rings. The van der Waals surface area contributed by atoms with Crippen LogP contribution in [0.1, 0.15) is 12.6 Å². The first-order valence-corrected chi connectivity index (χ1v) is 6.32. The summed E-state index contributed by atoms with van der Waals surface area (Å²) in [5, 5.41) is 7.18. The average molecular weight is 269 g/mol. The highest BCUT2D eigenvalue weighted by Gasteiger charge is 2.15. The van der Waals surface area contributed by atoms with Crippen LogP contribution >= 0.6 is 0 Å². The van der Waals surface area contributed by atoms with Crippen molar-refractivity contribution in [3.63, 3.8) is 0 Å². The number of aromatic nitrogens is 4. The molecule has 0 bridgehead atoms. The number of nitrogens with zero attached hydrogens (tertiary/aromatic N) is 4. The highest BCUT2D eigenvalue weighted by atomic mass is 16.1. The van der Waals surface area contributed by atoms with Crippen molar-refractivity contribution >= 4 is 22.8 Å². The number of hydrogen-bond donors (Lipinski definition) is 1. The van der Waals surface area contributed by atoms with Gasteiger partial charge < -0.3 is 9.88 Å². The van der Waals surface area contributed by atoms with Gasteiger partial charge in [-0.05, 0) is 19.1 Å². The third kappa shape index (κ3) is 1.95. The van der Waals surface area contributed by atoms with Crippen LogP contribution < -0.4 is 5.32 Å². The lowest BCUT2D eigenvalue weighted by molar-refractivity contribution is -0.114. The first-order chi connectivity index (χ1) is 9.56. The van der Waals surface area contributed by atoms with E-state index in [-0.39, 0.29) is 5.91 Å². The van der Waals surface area contributed by atoms with Crippen LogP contribution in [0, 0.1) is 6.92 Å². The molecule has 0 aliphatic rings. The highest BCUT2D eigenvalue weighted by molar-refractivity contribution is 5.88. The van der Waals surface area contributed by atoms with E-state index in [9.17, 15) is 4.79 Å². The smallest absolute Gasteiger partial charge is 0.233 e. The van der Waals surface area contributed by atoms with Gasteiger partial charge in [-0.1, -0.05) is 12.1 Å². The third-order valence-corrected chi connectivity index (χ3v) is 3.09. The second-order valence-corrected chi connectivity index (χ2v) is 4.72. The molecule has 6 nitrogen and oxygen atoms in total. The molecule has 0 atom stereocenters. The van der Waals surface area contributed by atoms with Crippen molar-refractivity contribution < 1.29 is 4.79 Å². The summed E-state index contributed by atoms with van der Waals surface area (Å²) in [7, 11) is 1.93. The van der Waals surface area contributed by atoms with Crippen LogP contribution in [0.5, 0.6) is 0 Å². The van der Waals surface area contributed by atoms with Gasteiger partial charge in [0.15, 0.2) is 0 Å². The van der Waals surface area contributed by atoms with Crippen LogP contribution in [0.4, 0.5) is 5.82 Å². The standard InChI is InChI=1S/C14H15N5O/c1-9-8-13(15-10(2)20)19(17-9)14-16-11-6-4-5-7-12(11)18(14)3/h4-8H,1-3H3,(H,15,20).